The Morgan fingerprint density at radius 1 is 1.08 bits per heavy atom. The fourth-order valence-electron chi connectivity index (χ4n) is 2.92. The van der Waals surface area contributed by atoms with E-state index in [4.69, 9.17) is 15.2 Å². The topological polar surface area (TPSA) is 73.6 Å². The van der Waals surface area contributed by atoms with Gasteiger partial charge < -0.3 is 20.5 Å². The minimum Gasteiger partial charge on any atom is -0.497 e. The first-order valence-electron chi connectivity index (χ1n) is 8.49. The molecule has 3 rings (SSSR count). The van der Waals surface area contributed by atoms with Crippen molar-refractivity contribution in [2.24, 2.45) is 5.73 Å². The van der Waals surface area contributed by atoms with Crippen molar-refractivity contribution in [2.45, 2.75) is 24.9 Å². The SMILES string of the molecule is COc1ccc(-c2ccc(CNC(=O)C3(N)CCOCC3)cc2)cc1.Cl. The molecular formula is C20H25ClN2O3. The molecule has 0 radical (unpaired) electrons. The third kappa shape index (κ3) is 4.75. The predicted octanol–water partition coefficient (Wildman–Crippen LogP) is 2.91. The molecule has 0 spiro atoms. The van der Waals surface area contributed by atoms with E-state index in [0.29, 0.717) is 32.6 Å². The summed E-state index contributed by atoms with van der Waals surface area (Å²) in [7, 11) is 1.66. The number of ether oxygens (including phenoxy) is 2. The van der Waals surface area contributed by atoms with Gasteiger partial charge in [0.05, 0.1) is 12.6 Å². The van der Waals surface area contributed by atoms with Gasteiger partial charge in [0.15, 0.2) is 0 Å². The van der Waals surface area contributed by atoms with Gasteiger partial charge in [0, 0.05) is 19.8 Å². The zero-order chi connectivity index (χ0) is 17.7. The molecular weight excluding hydrogens is 352 g/mol. The Bertz CT molecular complexity index is 711. The van der Waals surface area contributed by atoms with Gasteiger partial charge in [-0.2, -0.15) is 0 Å². The second kappa shape index (κ2) is 9.03. The number of nitrogens with two attached hydrogens (primary N) is 1. The number of nitrogens with one attached hydrogen (secondary N) is 1. The monoisotopic (exact) mass is 376 g/mol. The molecule has 6 heteroatoms. The summed E-state index contributed by atoms with van der Waals surface area (Å²) >= 11 is 0. The molecule has 5 nitrogen and oxygen atoms in total. The molecule has 1 saturated heterocycles. The molecule has 26 heavy (non-hydrogen) atoms. The molecule has 140 valence electrons. The smallest absolute Gasteiger partial charge is 0.240 e. The predicted molar refractivity (Wildman–Crippen MR) is 104 cm³/mol. The Morgan fingerprint density at radius 3 is 2.15 bits per heavy atom. The number of benzene rings is 2. The van der Waals surface area contributed by atoms with Gasteiger partial charge in [-0.1, -0.05) is 36.4 Å². The van der Waals surface area contributed by atoms with Gasteiger partial charge in [-0.05, 0) is 41.7 Å². The number of halogens is 1. The number of methoxy groups -OCH3 is 1. The molecule has 2 aromatic rings. The van der Waals surface area contributed by atoms with E-state index >= 15 is 0 Å². The minimum atomic E-state index is -0.804. The van der Waals surface area contributed by atoms with Crippen molar-refractivity contribution in [3.8, 4) is 16.9 Å². The lowest BCUT2D eigenvalue weighted by Gasteiger charge is -2.31. The Morgan fingerprint density at radius 2 is 1.62 bits per heavy atom. The van der Waals surface area contributed by atoms with E-state index in [-0.39, 0.29) is 18.3 Å². The molecule has 0 bridgehead atoms. The summed E-state index contributed by atoms with van der Waals surface area (Å²) in [5.41, 5.74) is 8.67. The Hall–Kier alpha value is -2.08. The highest BCUT2D eigenvalue weighted by molar-refractivity contribution is 5.86. The first kappa shape index (κ1) is 20.2. The van der Waals surface area contributed by atoms with Crippen LogP contribution in [0.5, 0.6) is 5.75 Å². The fraction of sp³-hybridized carbons (Fsp3) is 0.350. The van der Waals surface area contributed by atoms with Crippen molar-refractivity contribution in [1.29, 1.82) is 0 Å². The first-order chi connectivity index (χ1) is 12.1. The normalized spacial score (nSPS) is 15.6. The molecule has 1 heterocycles. The van der Waals surface area contributed by atoms with E-state index in [9.17, 15) is 4.79 Å². The van der Waals surface area contributed by atoms with E-state index in [0.717, 1.165) is 22.4 Å². The van der Waals surface area contributed by atoms with Crippen LogP contribution in [0.1, 0.15) is 18.4 Å². The van der Waals surface area contributed by atoms with Crippen LogP contribution in [0, 0.1) is 0 Å². The van der Waals surface area contributed by atoms with Crippen molar-refractivity contribution < 1.29 is 14.3 Å². The molecule has 0 unspecified atom stereocenters. The number of hydrogen-bond donors (Lipinski definition) is 2. The lowest BCUT2D eigenvalue weighted by atomic mass is 9.90. The molecule has 1 fully saturated rings. The van der Waals surface area contributed by atoms with Crippen molar-refractivity contribution in [2.75, 3.05) is 20.3 Å². The maximum absolute atomic E-state index is 12.3. The van der Waals surface area contributed by atoms with Crippen LogP contribution >= 0.6 is 12.4 Å². The van der Waals surface area contributed by atoms with Gasteiger partial charge in [-0.25, -0.2) is 0 Å². The van der Waals surface area contributed by atoms with Crippen LogP contribution in [0.3, 0.4) is 0 Å². The fourth-order valence-corrected chi connectivity index (χ4v) is 2.92. The van der Waals surface area contributed by atoms with Gasteiger partial charge >= 0.3 is 0 Å². The second-order valence-corrected chi connectivity index (χ2v) is 6.38. The first-order valence-corrected chi connectivity index (χ1v) is 8.49. The second-order valence-electron chi connectivity index (χ2n) is 6.38. The van der Waals surface area contributed by atoms with Gasteiger partial charge in [0.25, 0.3) is 0 Å². The Kier molecular flexibility index (Phi) is 7.03. The summed E-state index contributed by atoms with van der Waals surface area (Å²) in [6.07, 6.45) is 1.13. The molecule has 1 aliphatic rings. The number of amides is 1. The summed E-state index contributed by atoms with van der Waals surface area (Å²) in [5, 5.41) is 2.95. The number of hydrogen-bond acceptors (Lipinski definition) is 4. The lowest BCUT2D eigenvalue weighted by Crippen LogP contribution is -2.56. The number of carbonyl (C=O) groups is 1. The van der Waals surface area contributed by atoms with E-state index in [2.05, 4.69) is 17.4 Å². The van der Waals surface area contributed by atoms with Crippen molar-refractivity contribution >= 4 is 18.3 Å². The molecule has 0 atom stereocenters. The van der Waals surface area contributed by atoms with Crippen LogP contribution < -0.4 is 15.8 Å². The molecule has 1 aliphatic heterocycles. The highest BCUT2D eigenvalue weighted by Gasteiger charge is 2.35. The standard InChI is InChI=1S/C20H24N2O3.ClH/c1-24-18-8-6-17(7-9-18)16-4-2-15(3-5-16)14-22-19(23)20(21)10-12-25-13-11-20;/h2-9H,10-14,21H2,1H3,(H,22,23);1H. The van der Waals surface area contributed by atoms with Crippen LogP contribution in [0.2, 0.25) is 0 Å². The summed E-state index contributed by atoms with van der Waals surface area (Å²) < 4.78 is 10.5. The Balaban J connectivity index is 0.00000243. The quantitative estimate of drug-likeness (QED) is 0.841. The van der Waals surface area contributed by atoms with E-state index in [1.807, 2.05) is 36.4 Å². The van der Waals surface area contributed by atoms with Crippen LogP contribution in [0.4, 0.5) is 0 Å². The molecule has 0 aromatic heterocycles. The highest BCUT2D eigenvalue weighted by Crippen LogP contribution is 2.23. The van der Waals surface area contributed by atoms with E-state index < -0.39 is 5.54 Å². The van der Waals surface area contributed by atoms with Gasteiger partial charge in [0.2, 0.25) is 5.91 Å². The lowest BCUT2D eigenvalue weighted by molar-refractivity contribution is -0.129. The minimum absolute atomic E-state index is 0. The van der Waals surface area contributed by atoms with Crippen LogP contribution in [-0.4, -0.2) is 31.8 Å². The summed E-state index contributed by atoms with van der Waals surface area (Å²) in [5.74, 6) is 0.738. The van der Waals surface area contributed by atoms with Crippen LogP contribution in [-0.2, 0) is 16.1 Å². The molecule has 0 saturated carbocycles. The molecule has 1 amide bonds. The average Bonchev–Trinajstić information content (AvgIpc) is 2.67. The third-order valence-corrected chi connectivity index (χ3v) is 4.67. The van der Waals surface area contributed by atoms with Crippen LogP contribution in [0.25, 0.3) is 11.1 Å². The zero-order valence-corrected chi connectivity index (χ0v) is 15.7. The molecule has 0 aliphatic carbocycles. The van der Waals surface area contributed by atoms with Gasteiger partial charge in [-0.15, -0.1) is 12.4 Å². The maximum Gasteiger partial charge on any atom is 0.240 e. The van der Waals surface area contributed by atoms with E-state index in [1.54, 1.807) is 7.11 Å². The number of carbonyl (C=O) groups excluding carboxylic acids is 1. The zero-order valence-electron chi connectivity index (χ0n) is 14.9. The van der Waals surface area contributed by atoms with Crippen molar-refractivity contribution in [3.63, 3.8) is 0 Å². The molecule has 2 aromatic carbocycles. The van der Waals surface area contributed by atoms with Crippen molar-refractivity contribution in [1.82, 2.24) is 5.32 Å². The Labute approximate surface area is 160 Å². The maximum atomic E-state index is 12.3. The average molecular weight is 377 g/mol. The third-order valence-electron chi connectivity index (χ3n) is 4.67. The molecule has 3 N–H and O–H groups in total. The largest absolute Gasteiger partial charge is 0.497 e. The van der Waals surface area contributed by atoms with Gasteiger partial charge in [-0.3, -0.25) is 4.79 Å². The summed E-state index contributed by atoms with van der Waals surface area (Å²) in [6, 6.07) is 16.1. The van der Waals surface area contributed by atoms with Crippen molar-refractivity contribution in [3.05, 3.63) is 54.1 Å². The summed E-state index contributed by atoms with van der Waals surface area (Å²) in [6.45, 7) is 1.56. The van der Waals surface area contributed by atoms with Crippen LogP contribution in [0.15, 0.2) is 48.5 Å². The summed E-state index contributed by atoms with van der Waals surface area (Å²) in [4.78, 5) is 12.3. The highest BCUT2D eigenvalue weighted by atomic mass is 35.5. The number of rotatable bonds is 5. The van der Waals surface area contributed by atoms with Gasteiger partial charge in [0.1, 0.15) is 5.75 Å². The van der Waals surface area contributed by atoms with E-state index in [1.165, 1.54) is 0 Å².